The molecule has 1 aromatic heterocycles. The minimum Gasteiger partial charge on any atom is -0.459 e. The number of nitrogens with zero attached hydrogens (tertiary/aromatic N) is 2. The molecule has 160 valence electrons. The Labute approximate surface area is 179 Å². The third-order valence-electron chi connectivity index (χ3n) is 4.95. The molecule has 1 aliphatic rings. The van der Waals surface area contributed by atoms with Crippen molar-refractivity contribution < 1.29 is 22.0 Å². The summed E-state index contributed by atoms with van der Waals surface area (Å²) in [5, 5.41) is 5.85. The maximum absolute atomic E-state index is 13.4. The van der Waals surface area contributed by atoms with Crippen LogP contribution >= 0.6 is 0 Å². The molecule has 2 aromatic carbocycles. The van der Waals surface area contributed by atoms with Gasteiger partial charge in [0.05, 0.1) is 23.8 Å². The van der Waals surface area contributed by atoms with Crippen LogP contribution in [0.5, 0.6) is 0 Å². The molecule has 3 aromatic rings. The van der Waals surface area contributed by atoms with Gasteiger partial charge in [-0.15, -0.1) is 0 Å². The van der Waals surface area contributed by atoms with Crippen molar-refractivity contribution in [3.05, 3.63) is 89.6 Å². The molecule has 0 aliphatic carbocycles. The first kappa shape index (κ1) is 20.8. The summed E-state index contributed by atoms with van der Waals surface area (Å²) >= 11 is 0. The van der Waals surface area contributed by atoms with Gasteiger partial charge in [0.15, 0.2) is 5.76 Å². The van der Waals surface area contributed by atoms with Crippen molar-refractivity contribution in [1.82, 2.24) is 5.01 Å². The van der Waals surface area contributed by atoms with E-state index >= 15 is 0 Å². The maximum atomic E-state index is 13.4. The maximum Gasteiger partial charge on any atom is 0.310 e. The average Bonchev–Trinajstić information content (AvgIpc) is 3.44. The van der Waals surface area contributed by atoms with Gasteiger partial charge in [0, 0.05) is 12.1 Å². The third-order valence-corrected chi connectivity index (χ3v) is 6.26. The molecule has 2 heterocycles. The smallest absolute Gasteiger partial charge is 0.310 e. The molecule has 0 unspecified atom stereocenters. The molecule has 9 heteroatoms. The Morgan fingerprint density at radius 2 is 1.97 bits per heavy atom. The van der Waals surface area contributed by atoms with E-state index in [0.29, 0.717) is 23.4 Å². The van der Waals surface area contributed by atoms with E-state index in [4.69, 9.17) is 4.42 Å². The van der Waals surface area contributed by atoms with Crippen LogP contribution in [0.2, 0.25) is 0 Å². The highest BCUT2D eigenvalue weighted by Crippen LogP contribution is 2.34. The predicted octanol–water partition coefficient (Wildman–Crippen LogP) is 4.17. The number of rotatable bonds is 6. The number of furan rings is 1. The first-order valence-corrected chi connectivity index (χ1v) is 11.3. The molecule has 1 amide bonds. The van der Waals surface area contributed by atoms with Crippen LogP contribution in [0.1, 0.15) is 41.1 Å². The van der Waals surface area contributed by atoms with Gasteiger partial charge in [-0.2, -0.15) is 5.10 Å². The third kappa shape index (κ3) is 4.51. The van der Waals surface area contributed by atoms with Crippen molar-refractivity contribution in [2.24, 2.45) is 5.10 Å². The number of carbonyl (C=O) groups excluding carboxylic acids is 1. The van der Waals surface area contributed by atoms with Crippen molar-refractivity contribution in [2.75, 3.05) is 10.5 Å². The zero-order valence-corrected chi connectivity index (χ0v) is 17.5. The fourth-order valence-corrected chi connectivity index (χ4v) is 3.97. The summed E-state index contributed by atoms with van der Waals surface area (Å²) in [5.41, 5.74) is 2.42. The van der Waals surface area contributed by atoms with Gasteiger partial charge >= 0.3 is 5.91 Å². The van der Waals surface area contributed by atoms with E-state index in [1.165, 1.54) is 23.4 Å². The SMILES string of the molecule is CCS(=O)(=O)Nc1cccc(C2=NN(C(=O)c3ccco3)[C@@H](c3ccc(F)cc3)C2)c1. The number of anilines is 1. The Morgan fingerprint density at radius 3 is 2.65 bits per heavy atom. The highest BCUT2D eigenvalue weighted by Gasteiger charge is 2.34. The Morgan fingerprint density at radius 1 is 1.19 bits per heavy atom. The van der Waals surface area contributed by atoms with E-state index < -0.39 is 22.0 Å². The van der Waals surface area contributed by atoms with Crippen molar-refractivity contribution in [1.29, 1.82) is 0 Å². The summed E-state index contributed by atoms with van der Waals surface area (Å²) in [5.74, 6) is -0.697. The van der Waals surface area contributed by atoms with Crippen LogP contribution in [-0.4, -0.2) is 30.8 Å². The van der Waals surface area contributed by atoms with Gasteiger partial charge in [0.2, 0.25) is 10.0 Å². The first-order chi connectivity index (χ1) is 14.9. The fraction of sp³-hybridized carbons (Fsp3) is 0.182. The van der Waals surface area contributed by atoms with Crippen molar-refractivity contribution in [2.45, 2.75) is 19.4 Å². The standard InChI is InChI=1S/C22H20FN3O4S/c1-2-31(28,29)25-18-6-3-5-16(13-18)19-14-20(15-8-10-17(23)11-9-15)26(24-19)22(27)21-7-4-12-30-21/h3-13,20,25H,2,14H2,1H3/t20-/m1/s1. The van der Waals surface area contributed by atoms with Crippen LogP contribution < -0.4 is 4.72 Å². The van der Waals surface area contributed by atoms with E-state index in [1.54, 1.807) is 55.5 Å². The monoisotopic (exact) mass is 441 g/mol. The van der Waals surface area contributed by atoms with Crippen LogP contribution in [0.15, 0.2) is 76.4 Å². The number of hydrazone groups is 1. The molecule has 0 radical (unpaired) electrons. The van der Waals surface area contributed by atoms with Crippen LogP contribution in [0.25, 0.3) is 0 Å². The molecule has 31 heavy (non-hydrogen) atoms. The molecular weight excluding hydrogens is 421 g/mol. The van der Waals surface area contributed by atoms with Crippen LogP contribution in [0.3, 0.4) is 0 Å². The lowest BCUT2D eigenvalue weighted by Crippen LogP contribution is -2.26. The lowest BCUT2D eigenvalue weighted by atomic mass is 9.98. The number of hydrogen-bond donors (Lipinski definition) is 1. The Hall–Kier alpha value is -3.46. The van der Waals surface area contributed by atoms with Crippen LogP contribution in [-0.2, 0) is 10.0 Å². The second-order valence-corrected chi connectivity index (χ2v) is 9.04. The summed E-state index contributed by atoms with van der Waals surface area (Å²) in [4.78, 5) is 13.0. The molecule has 4 rings (SSSR count). The number of amides is 1. The predicted molar refractivity (Wildman–Crippen MR) is 115 cm³/mol. The van der Waals surface area contributed by atoms with Crippen LogP contribution in [0, 0.1) is 5.82 Å². The van der Waals surface area contributed by atoms with Crippen LogP contribution in [0.4, 0.5) is 10.1 Å². The summed E-state index contributed by atoms with van der Waals surface area (Å²) < 4.78 is 45.0. The summed E-state index contributed by atoms with van der Waals surface area (Å²) in [7, 11) is -3.43. The number of nitrogens with one attached hydrogen (secondary N) is 1. The number of hydrogen-bond acceptors (Lipinski definition) is 5. The normalized spacial score (nSPS) is 16.3. The zero-order chi connectivity index (χ0) is 22.0. The minimum atomic E-state index is -3.43. The lowest BCUT2D eigenvalue weighted by molar-refractivity contribution is 0.0678. The average molecular weight is 441 g/mol. The molecule has 1 aliphatic heterocycles. The van der Waals surface area contributed by atoms with E-state index in [-0.39, 0.29) is 17.3 Å². The highest BCUT2D eigenvalue weighted by molar-refractivity contribution is 7.92. The van der Waals surface area contributed by atoms with Gasteiger partial charge in [-0.05, 0) is 54.4 Å². The number of halogens is 1. The molecule has 1 atom stereocenters. The number of benzene rings is 2. The number of carbonyl (C=O) groups is 1. The Bertz CT molecular complexity index is 1220. The first-order valence-electron chi connectivity index (χ1n) is 9.67. The van der Waals surface area contributed by atoms with Crippen molar-refractivity contribution in [3.63, 3.8) is 0 Å². The topological polar surface area (TPSA) is 92.0 Å². The summed E-state index contributed by atoms with van der Waals surface area (Å²) in [6.07, 6.45) is 1.78. The second kappa shape index (κ2) is 8.35. The van der Waals surface area contributed by atoms with Crippen molar-refractivity contribution >= 4 is 27.3 Å². The van der Waals surface area contributed by atoms with E-state index in [9.17, 15) is 17.6 Å². The van der Waals surface area contributed by atoms with Gasteiger partial charge in [-0.3, -0.25) is 9.52 Å². The van der Waals surface area contributed by atoms with Gasteiger partial charge in [0.1, 0.15) is 5.82 Å². The quantitative estimate of drug-likeness (QED) is 0.621. The van der Waals surface area contributed by atoms with Crippen molar-refractivity contribution in [3.8, 4) is 0 Å². The number of sulfonamides is 1. The van der Waals surface area contributed by atoms with Gasteiger partial charge in [-0.25, -0.2) is 17.8 Å². The lowest BCUT2D eigenvalue weighted by Gasteiger charge is -2.21. The second-order valence-electron chi connectivity index (χ2n) is 7.03. The molecule has 1 N–H and O–H groups in total. The fourth-order valence-electron chi connectivity index (χ4n) is 3.34. The molecule has 0 saturated heterocycles. The molecule has 0 bridgehead atoms. The van der Waals surface area contributed by atoms with E-state index in [0.717, 1.165) is 5.56 Å². The molecular formula is C22H20FN3O4S. The highest BCUT2D eigenvalue weighted by atomic mass is 32.2. The molecule has 0 fully saturated rings. The molecule has 0 spiro atoms. The Kier molecular flexibility index (Phi) is 5.60. The Balaban J connectivity index is 1.69. The zero-order valence-electron chi connectivity index (χ0n) is 16.7. The molecule has 0 saturated carbocycles. The summed E-state index contributed by atoms with van der Waals surface area (Å²) in [6.45, 7) is 1.55. The van der Waals surface area contributed by atoms with E-state index in [2.05, 4.69) is 9.82 Å². The van der Waals surface area contributed by atoms with Gasteiger partial charge < -0.3 is 4.42 Å². The van der Waals surface area contributed by atoms with E-state index in [1.807, 2.05) is 0 Å². The largest absolute Gasteiger partial charge is 0.459 e. The molecule has 7 nitrogen and oxygen atoms in total. The van der Waals surface area contributed by atoms with Gasteiger partial charge in [-0.1, -0.05) is 24.3 Å². The summed E-state index contributed by atoms with van der Waals surface area (Å²) in [6, 6.07) is 15.5. The van der Waals surface area contributed by atoms with Gasteiger partial charge in [0.25, 0.3) is 0 Å². The minimum absolute atomic E-state index is 0.0454.